The van der Waals surface area contributed by atoms with E-state index in [4.69, 9.17) is 9.47 Å². The van der Waals surface area contributed by atoms with Gasteiger partial charge in [-0.3, -0.25) is 4.98 Å². The van der Waals surface area contributed by atoms with Gasteiger partial charge in [-0.1, -0.05) is 0 Å². The molecule has 0 fully saturated rings. The summed E-state index contributed by atoms with van der Waals surface area (Å²) in [6.45, 7) is 1.45. The fourth-order valence-electron chi connectivity index (χ4n) is 1.69. The Morgan fingerprint density at radius 3 is 2.88 bits per heavy atom. The fourth-order valence-corrected chi connectivity index (χ4v) is 1.69. The van der Waals surface area contributed by atoms with Gasteiger partial charge in [0.1, 0.15) is 5.75 Å². The molecule has 17 heavy (non-hydrogen) atoms. The maximum atomic E-state index is 5.22. The molecule has 1 aromatic heterocycles. The molecule has 0 unspecified atom stereocenters. The van der Waals surface area contributed by atoms with Crippen LogP contribution >= 0.6 is 0 Å². The van der Waals surface area contributed by atoms with Crippen LogP contribution in [0.25, 0.3) is 10.9 Å². The minimum atomic E-state index is 0.674. The van der Waals surface area contributed by atoms with Crippen LogP contribution in [-0.2, 0) is 4.74 Å². The summed E-state index contributed by atoms with van der Waals surface area (Å²) in [7, 11) is 3.35. The predicted molar refractivity (Wildman–Crippen MR) is 68.7 cm³/mol. The molecule has 0 spiro atoms. The number of ether oxygens (including phenoxy) is 2. The van der Waals surface area contributed by atoms with Gasteiger partial charge in [-0.25, -0.2) is 0 Å². The third kappa shape index (κ3) is 2.65. The van der Waals surface area contributed by atoms with Crippen molar-refractivity contribution in [3.63, 3.8) is 0 Å². The molecule has 90 valence electrons. The molecule has 2 aromatic rings. The first-order valence-corrected chi connectivity index (χ1v) is 5.50. The molecular formula is C13H16N2O2. The maximum absolute atomic E-state index is 5.22. The number of aromatic nitrogens is 1. The van der Waals surface area contributed by atoms with Crippen LogP contribution in [0.15, 0.2) is 30.5 Å². The van der Waals surface area contributed by atoms with E-state index in [0.717, 1.165) is 28.9 Å². The van der Waals surface area contributed by atoms with Crippen molar-refractivity contribution in [2.45, 2.75) is 0 Å². The largest absolute Gasteiger partial charge is 0.497 e. The first-order chi connectivity index (χ1) is 8.35. The van der Waals surface area contributed by atoms with Gasteiger partial charge in [-0.05, 0) is 24.3 Å². The molecule has 0 aliphatic heterocycles. The lowest BCUT2D eigenvalue weighted by Crippen LogP contribution is -2.07. The predicted octanol–water partition coefficient (Wildman–Crippen LogP) is 2.30. The number of rotatable bonds is 5. The molecule has 2 rings (SSSR count). The van der Waals surface area contributed by atoms with Crippen LogP contribution in [0.1, 0.15) is 0 Å². The van der Waals surface area contributed by atoms with E-state index in [1.807, 2.05) is 24.3 Å². The summed E-state index contributed by atoms with van der Waals surface area (Å²) in [5, 5.41) is 4.38. The van der Waals surface area contributed by atoms with E-state index in [0.29, 0.717) is 6.61 Å². The number of methoxy groups -OCH3 is 2. The molecule has 0 bridgehead atoms. The average Bonchev–Trinajstić information content (AvgIpc) is 2.39. The number of nitrogens with zero attached hydrogens (tertiary/aromatic N) is 1. The lowest BCUT2D eigenvalue weighted by atomic mass is 10.2. The fraction of sp³-hybridized carbons (Fsp3) is 0.308. The summed E-state index contributed by atoms with van der Waals surface area (Å²) in [6, 6.07) is 7.80. The van der Waals surface area contributed by atoms with Gasteiger partial charge in [0.2, 0.25) is 0 Å². The summed E-state index contributed by atoms with van der Waals surface area (Å²) in [5.41, 5.74) is 2.00. The highest BCUT2D eigenvalue weighted by molar-refractivity contribution is 5.92. The Kier molecular flexibility index (Phi) is 3.77. The number of benzene rings is 1. The molecule has 0 saturated heterocycles. The highest BCUT2D eigenvalue weighted by atomic mass is 16.5. The van der Waals surface area contributed by atoms with Crippen molar-refractivity contribution in [1.29, 1.82) is 0 Å². The summed E-state index contributed by atoms with van der Waals surface area (Å²) >= 11 is 0. The smallest absolute Gasteiger partial charge is 0.119 e. The minimum absolute atomic E-state index is 0.674. The quantitative estimate of drug-likeness (QED) is 0.803. The van der Waals surface area contributed by atoms with E-state index in [2.05, 4.69) is 10.3 Å². The van der Waals surface area contributed by atoms with Crippen LogP contribution < -0.4 is 10.1 Å². The third-order valence-corrected chi connectivity index (χ3v) is 2.57. The van der Waals surface area contributed by atoms with Crippen molar-refractivity contribution in [2.75, 3.05) is 32.7 Å². The lowest BCUT2D eigenvalue weighted by molar-refractivity contribution is 0.211. The number of pyridine rings is 1. The van der Waals surface area contributed by atoms with Gasteiger partial charge in [0.05, 0.1) is 19.2 Å². The van der Waals surface area contributed by atoms with Gasteiger partial charge in [-0.15, -0.1) is 0 Å². The van der Waals surface area contributed by atoms with Crippen LogP contribution in [0, 0.1) is 0 Å². The van der Waals surface area contributed by atoms with Crippen molar-refractivity contribution >= 4 is 16.6 Å². The van der Waals surface area contributed by atoms with Crippen molar-refractivity contribution in [2.24, 2.45) is 0 Å². The molecule has 0 saturated carbocycles. The topological polar surface area (TPSA) is 43.4 Å². The lowest BCUT2D eigenvalue weighted by Gasteiger charge is -2.09. The van der Waals surface area contributed by atoms with Crippen LogP contribution in [-0.4, -0.2) is 32.4 Å². The first kappa shape index (κ1) is 11.7. The van der Waals surface area contributed by atoms with Gasteiger partial charge < -0.3 is 14.8 Å². The molecule has 4 heteroatoms. The Morgan fingerprint density at radius 1 is 1.24 bits per heavy atom. The molecule has 0 aliphatic rings. The van der Waals surface area contributed by atoms with E-state index in [1.54, 1.807) is 20.4 Å². The second-order valence-electron chi connectivity index (χ2n) is 3.66. The van der Waals surface area contributed by atoms with Crippen LogP contribution in [0.4, 0.5) is 5.69 Å². The normalized spacial score (nSPS) is 10.5. The van der Waals surface area contributed by atoms with Gasteiger partial charge in [0.15, 0.2) is 0 Å². The van der Waals surface area contributed by atoms with Crippen molar-refractivity contribution in [3.8, 4) is 5.75 Å². The van der Waals surface area contributed by atoms with Gasteiger partial charge in [0.25, 0.3) is 0 Å². The summed E-state index contributed by atoms with van der Waals surface area (Å²) in [5.74, 6) is 0.834. The Bertz CT molecular complexity index is 500. The van der Waals surface area contributed by atoms with Crippen molar-refractivity contribution in [3.05, 3.63) is 30.5 Å². The van der Waals surface area contributed by atoms with Gasteiger partial charge in [-0.2, -0.15) is 0 Å². The molecule has 0 radical (unpaired) electrons. The van der Waals surface area contributed by atoms with Crippen LogP contribution in [0.2, 0.25) is 0 Å². The molecule has 1 N–H and O–H groups in total. The Hall–Kier alpha value is -1.81. The van der Waals surface area contributed by atoms with E-state index in [9.17, 15) is 0 Å². The molecule has 0 amide bonds. The molecule has 0 atom stereocenters. The number of hydrogen-bond donors (Lipinski definition) is 1. The van der Waals surface area contributed by atoms with Crippen molar-refractivity contribution < 1.29 is 9.47 Å². The van der Waals surface area contributed by atoms with Crippen LogP contribution in [0.5, 0.6) is 5.75 Å². The van der Waals surface area contributed by atoms with E-state index in [-0.39, 0.29) is 0 Å². The molecule has 4 nitrogen and oxygen atoms in total. The Balaban J connectivity index is 2.33. The highest BCUT2D eigenvalue weighted by Gasteiger charge is 2.02. The molecular weight excluding hydrogens is 216 g/mol. The summed E-state index contributed by atoms with van der Waals surface area (Å²) in [6.07, 6.45) is 1.80. The van der Waals surface area contributed by atoms with Gasteiger partial charge in [0, 0.05) is 30.9 Å². The molecule has 1 aromatic carbocycles. The second kappa shape index (κ2) is 5.50. The van der Waals surface area contributed by atoms with E-state index in [1.165, 1.54) is 0 Å². The standard InChI is InChI=1S/C13H16N2O2/c1-16-8-7-15-13-5-6-14-12-4-3-10(17-2)9-11(12)13/h3-6,9H,7-8H2,1-2H3,(H,14,15). The van der Waals surface area contributed by atoms with Crippen molar-refractivity contribution in [1.82, 2.24) is 4.98 Å². The monoisotopic (exact) mass is 232 g/mol. The van der Waals surface area contributed by atoms with E-state index < -0.39 is 0 Å². The summed E-state index contributed by atoms with van der Waals surface area (Å²) in [4.78, 5) is 4.32. The number of fused-ring (bicyclic) bond motifs is 1. The zero-order valence-corrected chi connectivity index (χ0v) is 10.1. The van der Waals surface area contributed by atoms with E-state index >= 15 is 0 Å². The average molecular weight is 232 g/mol. The number of nitrogens with one attached hydrogen (secondary N) is 1. The zero-order valence-electron chi connectivity index (χ0n) is 10.1. The number of anilines is 1. The SMILES string of the molecule is COCCNc1ccnc2ccc(OC)cc12. The van der Waals surface area contributed by atoms with Gasteiger partial charge >= 0.3 is 0 Å². The summed E-state index contributed by atoms with van der Waals surface area (Å²) < 4.78 is 10.2. The Morgan fingerprint density at radius 2 is 2.12 bits per heavy atom. The second-order valence-corrected chi connectivity index (χ2v) is 3.66. The molecule has 1 heterocycles. The van der Waals surface area contributed by atoms with Crippen LogP contribution in [0.3, 0.4) is 0 Å². The zero-order chi connectivity index (χ0) is 12.1. The third-order valence-electron chi connectivity index (χ3n) is 2.57. The number of hydrogen-bond acceptors (Lipinski definition) is 4. The minimum Gasteiger partial charge on any atom is -0.497 e. The highest BCUT2D eigenvalue weighted by Crippen LogP contribution is 2.25. The Labute approximate surface area is 101 Å². The maximum Gasteiger partial charge on any atom is 0.119 e. The first-order valence-electron chi connectivity index (χ1n) is 5.50. The molecule has 0 aliphatic carbocycles.